The van der Waals surface area contributed by atoms with E-state index >= 15 is 0 Å². The average molecular weight is 216 g/mol. The maximum Gasteiger partial charge on any atom is 0.309 e. The van der Waals surface area contributed by atoms with Crippen molar-refractivity contribution in [3.05, 3.63) is 0 Å². The van der Waals surface area contributed by atoms with Gasteiger partial charge in [0, 0.05) is 6.42 Å². The van der Waals surface area contributed by atoms with Gasteiger partial charge in [0.15, 0.2) is 0 Å². The molecule has 0 aromatic rings. The minimum Gasteiger partial charge on any atom is -0.469 e. The summed E-state index contributed by atoms with van der Waals surface area (Å²) in [5.41, 5.74) is -0.207. The van der Waals surface area contributed by atoms with Crippen LogP contribution >= 0.6 is 0 Å². The highest BCUT2D eigenvalue weighted by atomic mass is 16.5. The Kier molecular flexibility index (Phi) is 5.33. The molecule has 0 aliphatic carbocycles. The molecule has 0 unspecified atom stereocenters. The van der Waals surface area contributed by atoms with Gasteiger partial charge in [-0.3, -0.25) is 9.59 Å². The van der Waals surface area contributed by atoms with Crippen LogP contribution in [0.5, 0.6) is 0 Å². The quantitative estimate of drug-likeness (QED) is 0.672. The van der Waals surface area contributed by atoms with Crippen molar-refractivity contribution in [1.82, 2.24) is 0 Å². The van der Waals surface area contributed by atoms with E-state index in [1.807, 2.05) is 20.8 Å². The SMILES string of the molecule is COC(=O)CC[C@@H](C(=O)OC)C(C)(C)C. The van der Waals surface area contributed by atoms with Gasteiger partial charge in [-0.1, -0.05) is 20.8 Å². The molecule has 88 valence electrons. The first-order valence-electron chi connectivity index (χ1n) is 4.97. The van der Waals surface area contributed by atoms with E-state index in [0.717, 1.165) is 0 Å². The molecule has 1 atom stereocenters. The van der Waals surface area contributed by atoms with E-state index in [2.05, 4.69) is 4.74 Å². The van der Waals surface area contributed by atoms with Crippen molar-refractivity contribution in [2.75, 3.05) is 14.2 Å². The maximum absolute atomic E-state index is 11.5. The number of hydrogen-bond acceptors (Lipinski definition) is 4. The summed E-state index contributed by atoms with van der Waals surface area (Å²) >= 11 is 0. The molecule has 0 aromatic heterocycles. The third-order valence-electron chi connectivity index (χ3n) is 2.40. The maximum atomic E-state index is 11.5. The Morgan fingerprint density at radius 2 is 1.67 bits per heavy atom. The van der Waals surface area contributed by atoms with Crippen LogP contribution in [0.25, 0.3) is 0 Å². The van der Waals surface area contributed by atoms with Crippen LogP contribution in [-0.4, -0.2) is 26.2 Å². The zero-order valence-corrected chi connectivity index (χ0v) is 10.1. The molecule has 0 spiro atoms. The standard InChI is InChI=1S/C11H20O4/c1-11(2,3)8(10(13)15-5)6-7-9(12)14-4/h8H,6-7H2,1-5H3/t8-/m0/s1. The highest BCUT2D eigenvalue weighted by molar-refractivity contribution is 5.75. The second-order valence-electron chi connectivity index (χ2n) is 4.56. The predicted octanol–water partition coefficient (Wildman–Crippen LogP) is 1.77. The summed E-state index contributed by atoms with van der Waals surface area (Å²) in [5.74, 6) is -0.846. The van der Waals surface area contributed by atoms with Crippen molar-refractivity contribution in [3.8, 4) is 0 Å². The van der Waals surface area contributed by atoms with Crippen LogP contribution in [0.2, 0.25) is 0 Å². The van der Waals surface area contributed by atoms with E-state index in [1.54, 1.807) is 0 Å². The Bertz CT molecular complexity index is 227. The monoisotopic (exact) mass is 216 g/mol. The number of carbonyl (C=O) groups is 2. The van der Waals surface area contributed by atoms with E-state index in [4.69, 9.17) is 4.74 Å². The van der Waals surface area contributed by atoms with Gasteiger partial charge in [0.05, 0.1) is 20.1 Å². The van der Waals surface area contributed by atoms with Crippen molar-refractivity contribution < 1.29 is 19.1 Å². The van der Waals surface area contributed by atoms with Crippen LogP contribution < -0.4 is 0 Å². The third kappa shape index (κ3) is 4.81. The number of methoxy groups -OCH3 is 2. The largest absolute Gasteiger partial charge is 0.469 e. The van der Waals surface area contributed by atoms with Gasteiger partial charge in [-0.15, -0.1) is 0 Å². The number of esters is 2. The minimum absolute atomic E-state index is 0.207. The second kappa shape index (κ2) is 5.73. The molecule has 0 aliphatic rings. The first kappa shape index (κ1) is 13.9. The van der Waals surface area contributed by atoms with Crippen molar-refractivity contribution in [1.29, 1.82) is 0 Å². The number of rotatable bonds is 4. The smallest absolute Gasteiger partial charge is 0.309 e. The topological polar surface area (TPSA) is 52.6 Å². The highest BCUT2D eigenvalue weighted by Crippen LogP contribution is 2.30. The molecule has 15 heavy (non-hydrogen) atoms. The molecule has 0 rings (SSSR count). The molecular formula is C11H20O4. The molecule has 0 aliphatic heterocycles. The third-order valence-corrected chi connectivity index (χ3v) is 2.40. The fourth-order valence-electron chi connectivity index (χ4n) is 1.41. The van der Waals surface area contributed by atoms with Crippen LogP contribution in [0.4, 0.5) is 0 Å². The fourth-order valence-corrected chi connectivity index (χ4v) is 1.41. The molecule has 4 nitrogen and oxygen atoms in total. The highest BCUT2D eigenvalue weighted by Gasteiger charge is 2.32. The second-order valence-corrected chi connectivity index (χ2v) is 4.56. The van der Waals surface area contributed by atoms with E-state index in [0.29, 0.717) is 6.42 Å². The van der Waals surface area contributed by atoms with Gasteiger partial charge in [-0.05, 0) is 11.8 Å². The van der Waals surface area contributed by atoms with Gasteiger partial charge in [0.2, 0.25) is 0 Å². The summed E-state index contributed by atoms with van der Waals surface area (Å²) in [5, 5.41) is 0. The summed E-state index contributed by atoms with van der Waals surface area (Å²) in [6.45, 7) is 5.85. The molecule has 0 aromatic carbocycles. The average Bonchev–Trinajstić information content (AvgIpc) is 2.15. The molecule has 0 radical (unpaired) electrons. The lowest BCUT2D eigenvalue weighted by Crippen LogP contribution is -2.30. The first-order valence-corrected chi connectivity index (χ1v) is 4.97. The van der Waals surface area contributed by atoms with Gasteiger partial charge in [-0.25, -0.2) is 0 Å². The molecule has 4 heteroatoms. The van der Waals surface area contributed by atoms with Crippen LogP contribution in [0, 0.1) is 11.3 Å². The van der Waals surface area contributed by atoms with Crippen molar-refractivity contribution in [3.63, 3.8) is 0 Å². The van der Waals surface area contributed by atoms with Crippen LogP contribution in [0.3, 0.4) is 0 Å². The normalized spacial score (nSPS) is 13.1. The molecule has 0 saturated heterocycles. The number of ether oxygens (including phenoxy) is 2. The van der Waals surface area contributed by atoms with Crippen LogP contribution in [-0.2, 0) is 19.1 Å². The Morgan fingerprint density at radius 3 is 2.00 bits per heavy atom. The van der Waals surface area contributed by atoms with Crippen molar-refractivity contribution >= 4 is 11.9 Å². The lowest BCUT2D eigenvalue weighted by atomic mass is 9.78. The zero-order chi connectivity index (χ0) is 12.1. The predicted molar refractivity (Wildman–Crippen MR) is 56.2 cm³/mol. The van der Waals surface area contributed by atoms with Crippen LogP contribution in [0.15, 0.2) is 0 Å². The van der Waals surface area contributed by atoms with Crippen LogP contribution in [0.1, 0.15) is 33.6 Å². The number of hydrogen-bond donors (Lipinski definition) is 0. The van der Waals surface area contributed by atoms with E-state index in [9.17, 15) is 9.59 Å². The van der Waals surface area contributed by atoms with Gasteiger partial charge in [0.1, 0.15) is 0 Å². The Labute approximate surface area is 90.9 Å². The Hall–Kier alpha value is -1.06. The molecule has 0 fully saturated rings. The minimum atomic E-state index is -0.298. The Morgan fingerprint density at radius 1 is 1.13 bits per heavy atom. The molecule has 0 N–H and O–H groups in total. The summed E-state index contributed by atoms with van der Waals surface area (Å²) in [6.07, 6.45) is 0.705. The first-order chi connectivity index (χ1) is 6.82. The van der Waals surface area contributed by atoms with Crippen molar-refractivity contribution in [2.45, 2.75) is 33.6 Å². The van der Waals surface area contributed by atoms with Gasteiger partial charge < -0.3 is 9.47 Å². The van der Waals surface area contributed by atoms with E-state index in [-0.39, 0.29) is 29.7 Å². The lowest BCUT2D eigenvalue weighted by molar-refractivity contribution is -0.150. The molecule has 0 bridgehead atoms. The van der Waals surface area contributed by atoms with Gasteiger partial charge in [-0.2, -0.15) is 0 Å². The summed E-state index contributed by atoms with van der Waals surface area (Å²) in [7, 11) is 2.70. The molecule has 0 heterocycles. The molecular weight excluding hydrogens is 196 g/mol. The zero-order valence-electron chi connectivity index (χ0n) is 10.1. The Balaban J connectivity index is 4.40. The number of carbonyl (C=O) groups excluding carboxylic acids is 2. The van der Waals surface area contributed by atoms with Gasteiger partial charge in [0.25, 0.3) is 0 Å². The molecule has 0 amide bonds. The molecule has 0 saturated carbocycles. The van der Waals surface area contributed by atoms with E-state index in [1.165, 1.54) is 14.2 Å². The summed E-state index contributed by atoms with van der Waals surface area (Å²) in [4.78, 5) is 22.5. The lowest BCUT2D eigenvalue weighted by Gasteiger charge is -2.27. The summed E-state index contributed by atoms with van der Waals surface area (Å²) < 4.78 is 9.25. The summed E-state index contributed by atoms with van der Waals surface area (Å²) in [6, 6.07) is 0. The van der Waals surface area contributed by atoms with Gasteiger partial charge >= 0.3 is 11.9 Å². The fraction of sp³-hybridized carbons (Fsp3) is 0.818. The van der Waals surface area contributed by atoms with Crippen molar-refractivity contribution in [2.24, 2.45) is 11.3 Å². The van der Waals surface area contributed by atoms with E-state index < -0.39 is 0 Å².